The Kier molecular flexibility index (Phi) is 3.66. The highest BCUT2D eigenvalue weighted by Gasteiger charge is 2.25. The maximum atomic E-state index is 2.42. The number of hydrogen-bond donors (Lipinski definition) is 0. The molecule has 0 fully saturated rings. The van der Waals surface area contributed by atoms with Crippen LogP contribution in [0.5, 0.6) is 0 Å². The molecule has 0 atom stereocenters. The zero-order valence-electron chi connectivity index (χ0n) is 14.1. The summed E-state index contributed by atoms with van der Waals surface area (Å²) in [6.45, 7) is 3.05. The van der Waals surface area contributed by atoms with Crippen LogP contribution >= 0.6 is 0 Å². The van der Waals surface area contributed by atoms with Gasteiger partial charge in [0.15, 0.2) is 11.0 Å². The Morgan fingerprint density at radius 2 is 1.46 bits per heavy atom. The molecule has 0 bridgehead atoms. The first-order chi connectivity index (χ1) is 11.8. The molecular formula is C22H21N2+. The van der Waals surface area contributed by atoms with Gasteiger partial charge in [-0.2, -0.15) is 0 Å². The van der Waals surface area contributed by atoms with Crippen LogP contribution in [0.1, 0.15) is 11.1 Å². The molecule has 2 nitrogen and oxygen atoms in total. The predicted molar refractivity (Wildman–Crippen MR) is 98.8 cm³/mol. The van der Waals surface area contributed by atoms with Crippen LogP contribution in [0.25, 0.3) is 22.4 Å². The first-order valence-corrected chi connectivity index (χ1v) is 8.33. The average Bonchev–Trinajstić information content (AvgIpc) is 2.89. The summed E-state index contributed by atoms with van der Waals surface area (Å²) in [5.41, 5.74) is 6.42. The quantitative estimate of drug-likeness (QED) is 0.493. The van der Waals surface area contributed by atoms with Gasteiger partial charge in [-0.25, -0.2) is 9.13 Å². The molecule has 0 aliphatic rings. The molecule has 4 rings (SSSR count). The van der Waals surface area contributed by atoms with E-state index in [0.29, 0.717) is 0 Å². The van der Waals surface area contributed by atoms with E-state index in [1.807, 2.05) is 0 Å². The summed E-state index contributed by atoms with van der Waals surface area (Å²) in [4.78, 5) is 0. The molecule has 0 aliphatic carbocycles. The van der Waals surface area contributed by atoms with Crippen LogP contribution in [0.3, 0.4) is 0 Å². The SMILES string of the molecule is Cc1ccccc1-c1n(Cc2ccccc2)c2ccccc2[n+]1C. The van der Waals surface area contributed by atoms with Gasteiger partial charge in [0.05, 0.1) is 12.6 Å². The molecule has 0 aliphatic heterocycles. The fraction of sp³-hybridized carbons (Fsp3) is 0.136. The van der Waals surface area contributed by atoms with Crippen molar-refractivity contribution in [3.05, 3.63) is 90.0 Å². The van der Waals surface area contributed by atoms with E-state index in [2.05, 4.69) is 102 Å². The monoisotopic (exact) mass is 313 g/mol. The maximum Gasteiger partial charge on any atom is 0.290 e. The molecule has 0 amide bonds. The van der Waals surface area contributed by atoms with Crippen molar-refractivity contribution in [2.45, 2.75) is 13.5 Å². The van der Waals surface area contributed by atoms with Crippen molar-refractivity contribution in [2.75, 3.05) is 0 Å². The highest BCUT2D eigenvalue weighted by atomic mass is 15.2. The second-order valence-corrected chi connectivity index (χ2v) is 6.26. The number of aromatic nitrogens is 2. The average molecular weight is 313 g/mol. The fourth-order valence-corrected chi connectivity index (χ4v) is 3.46. The molecule has 0 N–H and O–H groups in total. The molecule has 4 aromatic rings. The van der Waals surface area contributed by atoms with E-state index in [9.17, 15) is 0 Å². The van der Waals surface area contributed by atoms with Gasteiger partial charge in [-0.05, 0) is 36.2 Å². The summed E-state index contributed by atoms with van der Waals surface area (Å²) in [5, 5.41) is 0. The Hall–Kier alpha value is -2.87. The van der Waals surface area contributed by atoms with Gasteiger partial charge in [0, 0.05) is 0 Å². The highest BCUT2D eigenvalue weighted by Crippen LogP contribution is 2.26. The summed E-state index contributed by atoms with van der Waals surface area (Å²) in [6.07, 6.45) is 0. The summed E-state index contributed by atoms with van der Waals surface area (Å²) < 4.78 is 4.73. The van der Waals surface area contributed by atoms with Crippen LogP contribution in [0, 0.1) is 6.92 Å². The van der Waals surface area contributed by atoms with E-state index in [4.69, 9.17) is 0 Å². The number of nitrogens with zero attached hydrogens (tertiary/aromatic N) is 2. The molecule has 118 valence electrons. The first kappa shape index (κ1) is 14.7. The van der Waals surface area contributed by atoms with E-state index >= 15 is 0 Å². The molecule has 0 saturated carbocycles. The molecule has 3 aromatic carbocycles. The predicted octanol–water partition coefficient (Wildman–Crippen LogP) is 4.49. The molecule has 1 heterocycles. The van der Waals surface area contributed by atoms with Gasteiger partial charge in [0.2, 0.25) is 0 Å². The van der Waals surface area contributed by atoms with Crippen molar-refractivity contribution in [3.8, 4) is 11.4 Å². The molecule has 0 unspecified atom stereocenters. The second kappa shape index (κ2) is 5.97. The molecule has 1 aromatic heterocycles. The normalized spacial score (nSPS) is 11.1. The van der Waals surface area contributed by atoms with Gasteiger partial charge in [0.25, 0.3) is 5.82 Å². The lowest BCUT2D eigenvalue weighted by Crippen LogP contribution is -2.30. The van der Waals surface area contributed by atoms with Crippen molar-refractivity contribution in [1.82, 2.24) is 4.57 Å². The summed E-state index contributed by atoms with van der Waals surface area (Å²) in [5.74, 6) is 1.25. The van der Waals surface area contributed by atoms with Crippen molar-refractivity contribution < 1.29 is 4.57 Å². The lowest BCUT2D eigenvalue weighted by atomic mass is 10.1. The number of imidazole rings is 1. The van der Waals surface area contributed by atoms with Crippen molar-refractivity contribution in [1.29, 1.82) is 0 Å². The van der Waals surface area contributed by atoms with Crippen LogP contribution < -0.4 is 4.57 Å². The third-order valence-electron chi connectivity index (χ3n) is 4.68. The summed E-state index contributed by atoms with van der Waals surface area (Å²) in [7, 11) is 2.16. The van der Waals surface area contributed by atoms with Crippen LogP contribution in [-0.4, -0.2) is 4.57 Å². The minimum Gasteiger partial charge on any atom is -0.226 e. The molecular weight excluding hydrogens is 292 g/mol. The Morgan fingerprint density at radius 1 is 0.792 bits per heavy atom. The van der Waals surface area contributed by atoms with E-state index < -0.39 is 0 Å². The van der Waals surface area contributed by atoms with Gasteiger partial charge < -0.3 is 0 Å². The van der Waals surface area contributed by atoms with E-state index in [-0.39, 0.29) is 0 Å². The smallest absolute Gasteiger partial charge is 0.226 e. The first-order valence-electron chi connectivity index (χ1n) is 8.33. The maximum absolute atomic E-state index is 2.42. The largest absolute Gasteiger partial charge is 0.290 e. The van der Waals surface area contributed by atoms with Crippen molar-refractivity contribution in [3.63, 3.8) is 0 Å². The Morgan fingerprint density at radius 3 is 2.25 bits per heavy atom. The number of para-hydroxylation sites is 2. The minimum absolute atomic E-state index is 0.867. The molecule has 0 saturated heterocycles. The van der Waals surface area contributed by atoms with Gasteiger partial charge in [-0.1, -0.05) is 60.7 Å². The number of hydrogen-bond acceptors (Lipinski definition) is 0. The number of fused-ring (bicyclic) bond motifs is 1. The zero-order chi connectivity index (χ0) is 16.5. The Labute approximate surface area is 142 Å². The van der Waals surface area contributed by atoms with Gasteiger partial charge in [-0.15, -0.1) is 0 Å². The number of benzene rings is 3. The number of aryl methyl sites for hydroxylation is 2. The third kappa shape index (κ3) is 2.41. The topological polar surface area (TPSA) is 8.81 Å². The lowest BCUT2D eigenvalue weighted by molar-refractivity contribution is -0.634. The van der Waals surface area contributed by atoms with Crippen LogP contribution in [0.4, 0.5) is 0 Å². The summed E-state index contributed by atoms with van der Waals surface area (Å²) in [6, 6.07) is 27.9. The van der Waals surface area contributed by atoms with E-state index in [0.717, 1.165) is 6.54 Å². The number of rotatable bonds is 3. The van der Waals surface area contributed by atoms with Gasteiger partial charge in [-0.3, -0.25) is 0 Å². The Balaban J connectivity index is 2.00. The zero-order valence-corrected chi connectivity index (χ0v) is 14.1. The van der Waals surface area contributed by atoms with Crippen molar-refractivity contribution >= 4 is 11.0 Å². The molecule has 0 spiro atoms. The molecule has 2 heteroatoms. The minimum atomic E-state index is 0.867. The van der Waals surface area contributed by atoms with E-state index in [1.54, 1.807) is 0 Å². The highest BCUT2D eigenvalue weighted by molar-refractivity contribution is 5.76. The molecule has 24 heavy (non-hydrogen) atoms. The van der Waals surface area contributed by atoms with Gasteiger partial charge >= 0.3 is 0 Å². The van der Waals surface area contributed by atoms with Crippen LogP contribution in [0.2, 0.25) is 0 Å². The molecule has 0 radical (unpaired) electrons. The Bertz CT molecular complexity index is 997. The van der Waals surface area contributed by atoms with E-state index in [1.165, 1.54) is 33.5 Å². The van der Waals surface area contributed by atoms with Crippen molar-refractivity contribution in [2.24, 2.45) is 7.05 Å². The lowest BCUT2D eigenvalue weighted by Gasteiger charge is -2.06. The summed E-state index contributed by atoms with van der Waals surface area (Å²) >= 11 is 0. The van der Waals surface area contributed by atoms with Gasteiger partial charge in [0.1, 0.15) is 6.54 Å². The second-order valence-electron chi connectivity index (χ2n) is 6.26. The van der Waals surface area contributed by atoms with Crippen LogP contribution in [0.15, 0.2) is 78.9 Å². The standard InChI is InChI=1S/C22H21N2/c1-17-10-6-7-13-19(17)22-23(2)20-14-8-9-15-21(20)24(22)16-18-11-4-3-5-12-18/h3-15H,16H2,1-2H3/q+1. The third-order valence-corrected chi connectivity index (χ3v) is 4.68. The van der Waals surface area contributed by atoms with Crippen LogP contribution in [-0.2, 0) is 13.6 Å². The fourth-order valence-electron chi connectivity index (χ4n) is 3.46.